The van der Waals surface area contributed by atoms with Gasteiger partial charge >= 0.3 is 0 Å². The molecule has 2 amide bonds. The number of imide groups is 1. The normalized spacial score (nSPS) is 13.9. The van der Waals surface area contributed by atoms with Crippen LogP contribution in [0.1, 0.15) is 16.7 Å². The lowest BCUT2D eigenvalue weighted by Gasteiger charge is -2.16. The van der Waals surface area contributed by atoms with E-state index in [0.29, 0.717) is 33.3 Å². The van der Waals surface area contributed by atoms with Gasteiger partial charge < -0.3 is 14.6 Å². The summed E-state index contributed by atoms with van der Waals surface area (Å²) in [6.45, 7) is 4.21. The van der Waals surface area contributed by atoms with E-state index in [1.807, 2.05) is 26.0 Å². The molecular weight excluding hydrogens is 402 g/mol. The molecule has 0 spiro atoms. The van der Waals surface area contributed by atoms with Gasteiger partial charge in [0.25, 0.3) is 11.8 Å². The maximum Gasteiger partial charge on any atom is 0.268 e. The average Bonchev–Trinajstić information content (AvgIpc) is 2.95. The number of ether oxygens (including phenoxy) is 2. The molecule has 1 heterocycles. The van der Waals surface area contributed by atoms with Crippen molar-refractivity contribution >= 4 is 29.1 Å². The van der Waals surface area contributed by atoms with Gasteiger partial charge in [0.1, 0.15) is 18.1 Å². The van der Waals surface area contributed by atoms with E-state index in [4.69, 9.17) is 9.47 Å². The number of thioether (sulfide) groups is 1. The Labute approximate surface area is 180 Å². The Hall–Kier alpha value is -2.77. The number of hydrogen-bond acceptors (Lipinski definition) is 6. The van der Waals surface area contributed by atoms with Gasteiger partial charge in [-0.1, -0.05) is 24.3 Å². The molecule has 2 aromatic carbocycles. The van der Waals surface area contributed by atoms with Crippen molar-refractivity contribution in [3.05, 3.63) is 64.1 Å². The highest BCUT2D eigenvalue weighted by Gasteiger charge is 2.39. The van der Waals surface area contributed by atoms with Gasteiger partial charge in [-0.05, 0) is 43.2 Å². The van der Waals surface area contributed by atoms with E-state index in [0.717, 1.165) is 11.1 Å². The summed E-state index contributed by atoms with van der Waals surface area (Å²) in [4.78, 5) is 27.7. The topological polar surface area (TPSA) is 76.1 Å². The van der Waals surface area contributed by atoms with Crippen LogP contribution in [0.4, 0.5) is 0 Å². The standard InChI is InChI=1S/C23H25NO5S/c1-15-12-16(2)14-17(13-15)29-10-8-24-22(26)20(21(23(24)27)30-11-9-25)18-6-4-5-7-19(18)28-3/h4-7,12-14,25H,8-11H2,1-3H3. The summed E-state index contributed by atoms with van der Waals surface area (Å²) in [5.41, 5.74) is 3.04. The quantitative estimate of drug-likeness (QED) is 0.620. The number of para-hydroxylation sites is 1. The molecule has 0 bridgehead atoms. The third-order valence-electron chi connectivity index (χ3n) is 4.62. The summed E-state index contributed by atoms with van der Waals surface area (Å²) in [7, 11) is 1.52. The molecule has 0 saturated heterocycles. The van der Waals surface area contributed by atoms with Crippen molar-refractivity contribution in [2.24, 2.45) is 0 Å². The lowest BCUT2D eigenvalue weighted by atomic mass is 10.1. The van der Waals surface area contributed by atoms with E-state index in [2.05, 4.69) is 6.07 Å². The van der Waals surface area contributed by atoms with Gasteiger partial charge in [-0.2, -0.15) is 0 Å². The number of rotatable bonds is 9. The predicted molar refractivity (Wildman–Crippen MR) is 118 cm³/mol. The number of carbonyl (C=O) groups is 2. The van der Waals surface area contributed by atoms with Crippen LogP contribution in [0.2, 0.25) is 0 Å². The first-order chi connectivity index (χ1) is 14.5. The minimum absolute atomic E-state index is 0.0926. The minimum atomic E-state index is -0.381. The van der Waals surface area contributed by atoms with E-state index >= 15 is 0 Å². The Morgan fingerprint density at radius 1 is 1.03 bits per heavy atom. The van der Waals surface area contributed by atoms with E-state index in [-0.39, 0.29) is 31.6 Å². The molecule has 0 radical (unpaired) electrons. The fraction of sp³-hybridized carbons (Fsp3) is 0.304. The van der Waals surface area contributed by atoms with E-state index < -0.39 is 0 Å². The first-order valence-corrected chi connectivity index (χ1v) is 10.6. The number of aliphatic hydroxyl groups is 1. The van der Waals surface area contributed by atoms with Crippen molar-refractivity contribution in [3.8, 4) is 11.5 Å². The molecule has 1 aliphatic heterocycles. The Bertz CT molecular complexity index is 965. The van der Waals surface area contributed by atoms with Gasteiger partial charge in [-0.25, -0.2) is 0 Å². The van der Waals surface area contributed by atoms with E-state index in [1.54, 1.807) is 24.3 Å². The molecule has 0 saturated carbocycles. The Morgan fingerprint density at radius 3 is 2.40 bits per heavy atom. The third-order valence-corrected chi connectivity index (χ3v) is 5.67. The molecule has 2 aromatic rings. The summed E-state index contributed by atoms with van der Waals surface area (Å²) in [6.07, 6.45) is 0. The van der Waals surface area contributed by atoms with E-state index in [9.17, 15) is 14.7 Å². The number of aliphatic hydroxyl groups excluding tert-OH is 1. The maximum absolute atomic E-state index is 13.2. The molecule has 0 aliphatic carbocycles. The fourth-order valence-electron chi connectivity index (χ4n) is 3.40. The Morgan fingerprint density at radius 2 is 1.73 bits per heavy atom. The van der Waals surface area contributed by atoms with Crippen LogP contribution in [0.15, 0.2) is 47.4 Å². The third kappa shape index (κ3) is 4.68. The molecule has 3 rings (SSSR count). The second kappa shape index (κ2) is 9.82. The van der Waals surface area contributed by atoms with Gasteiger partial charge in [0.15, 0.2) is 0 Å². The highest BCUT2D eigenvalue weighted by molar-refractivity contribution is 8.04. The molecular formula is C23H25NO5S. The number of methoxy groups -OCH3 is 1. The predicted octanol–water partition coefficient (Wildman–Crippen LogP) is 3.20. The Balaban J connectivity index is 1.81. The van der Waals surface area contributed by atoms with Gasteiger partial charge in [0.2, 0.25) is 0 Å². The SMILES string of the molecule is COc1ccccc1C1=C(SCCO)C(=O)N(CCOc2cc(C)cc(C)c2)C1=O. The van der Waals surface area contributed by atoms with Crippen LogP contribution in [-0.2, 0) is 9.59 Å². The molecule has 0 fully saturated rings. The zero-order chi connectivity index (χ0) is 21.7. The van der Waals surface area contributed by atoms with Crippen molar-refractivity contribution in [2.45, 2.75) is 13.8 Å². The molecule has 1 aliphatic rings. The number of carbonyl (C=O) groups excluding carboxylic acids is 2. The van der Waals surface area contributed by atoms with Crippen LogP contribution in [0.5, 0.6) is 11.5 Å². The zero-order valence-electron chi connectivity index (χ0n) is 17.3. The first kappa shape index (κ1) is 21.9. The van der Waals surface area contributed by atoms with Crippen LogP contribution in [0.3, 0.4) is 0 Å². The molecule has 0 unspecified atom stereocenters. The monoisotopic (exact) mass is 427 g/mol. The summed E-state index contributed by atoms with van der Waals surface area (Å²) in [6, 6.07) is 13.0. The van der Waals surface area contributed by atoms with Crippen molar-refractivity contribution in [2.75, 3.05) is 32.6 Å². The fourth-order valence-corrected chi connectivity index (χ4v) is 4.27. The largest absolute Gasteiger partial charge is 0.496 e. The molecule has 30 heavy (non-hydrogen) atoms. The number of hydrogen-bond donors (Lipinski definition) is 1. The van der Waals surface area contributed by atoms with Crippen molar-refractivity contribution in [3.63, 3.8) is 0 Å². The van der Waals surface area contributed by atoms with Crippen LogP contribution in [-0.4, -0.2) is 54.4 Å². The number of nitrogens with zero attached hydrogens (tertiary/aromatic N) is 1. The van der Waals surface area contributed by atoms with Crippen molar-refractivity contribution in [1.29, 1.82) is 0 Å². The molecule has 7 heteroatoms. The summed E-state index contributed by atoms with van der Waals surface area (Å²) in [5.74, 6) is 0.792. The Kier molecular flexibility index (Phi) is 7.18. The smallest absolute Gasteiger partial charge is 0.268 e. The second-order valence-corrected chi connectivity index (χ2v) is 8.02. The van der Waals surface area contributed by atoms with Crippen LogP contribution >= 0.6 is 11.8 Å². The van der Waals surface area contributed by atoms with Crippen LogP contribution in [0.25, 0.3) is 5.57 Å². The molecule has 0 aromatic heterocycles. The number of amides is 2. The summed E-state index contributed by atoms with van der Waals surface area (Å²) >= 11 is 1.18. The first-order valence-electron chi connectivity index (χ1n) is 9.65. The number of benzene rings is 2. The lowest BCUT2D eigenvalue weighted by molar-refractivity contribution is -0.136. The van der Waals surface area contributed by atoms with Crippen LogP contribution in [0, 0.1) is 13.8 Å². The summed E-state index contributed by atoms with van der Waals surface area (Å²) in [5, 5.41) is 9.22. The van der Waals surface area contributed by atoms with Gasteiger partial charge in [0, 0.05) is 11.3 Å². The minimum Gasteiger partial charge on any atom is -0.496 e. The van der Waals surface area contributed by atoms with Crippen LogP contribution < -0.4 is 9.47 Å². The highest BCUT2D eigenvalue weighted by atomic mass is 32.2. The van der Waals surface area contributed by atoms with Gasteiger partial charge in [0.05, 0.1) is 30.7 Å². The molecule has 1 N–H and O–H groups in total. The van der Waals surface area contributed by atoms with Gasteiger partial charge in [-0.3, -0.25) is 14.5 Å². The molecule has 158 valence electrons. The lowest BCUT2D eigenvalue weighted by Crippen LogP contribution is -2.35. The van der Waals surface area contributed by atoms with Gasteiger partial charge in [-0.15, -0.1) is 11.8 Å². The molecule has 0 atom stereocenters. The number of aryl methyl sites for hydroxylation is 2. The highest BCUT2D eigenvalue weighted by Crippen LogP contribution is 2.39. The maximum atomic E-state index is 13.2. The summed E-state index contributed by atoms with van der Waals surface area (Å²) < 4.78 is 11.2. The van der Waals surface area contributed by atoms with Crippen molar-refractivity contribution in [1.82, 2.24) is 4.90 Å². The molecule has 6 nitrogen and oxygen atoms in total. The zero-order valence-corrected chi connectivity index (χ0v) is 18.1. The average molecular weight is 428 g/mol. The second-order valence-electron chi connectivity index (χ2n) is 6.91. The van der Waals surface area contributed by atoms with Crippen molar-refractivity contribution < 1.29 is 24.2 Å². The van der Waals surface area contributed by atoms with E-state index in [1.165, 1.54) is 23.8 Å².